The quantitative estimate of drug-likeness (QED) is 0.537. The van der Waals surface area contributed by atoms with E-state index < -0.39 is 23.8 Å². The van der Waals surface area contributed by atoms with E-state index in [1.54, 1.807) is 11.0 Å². The Balaban J connectivity index is 1.45. The Morgan fingerprint density at radius 1 is 1.11 bits per heavy atom. The van der Waals surface area contributed by atoms with Gasteiger partial charge in [-0.25, -0.2) is 8.78 Å². The molecule has 3 unspecified atom stereocenters. The van der Waals surface area contributed by atoms with Gasteiger partial charge in [0, 0.05) is 36.9 Å². The first-order valence-electron chi connectivity index (χ1n) is 13.3. The maximum absolute atomic E-state index is 13.4. The van der Waals surface area contributed by atoms with Gasteiger partial charge in [-0.2, -0.15) is 0 Å². The molecule has 2 aliphatic carbocycles. The highest BCUT2D eigenvalue weighted by molar-refractivity contribution is 5.98. The Morgan fingerprint density at radius 2 is 1.83 bits per heavy atom. The lowest BCUT2D eigenvalue weighted by Crippen LogP contribution is -2.48. The van der Waals surface area contributed by atoms with E-state index in [4.69, 9.17) is 0 Å². The predicted molar refractivity (Wildman–Crippen MR) is 130 cm³/mol. The van der Waals surface area contributed by atoms with Gasteiger partial charge in [-0.3, -0.25) is 14.4 Å². The Labute approximate surface area is 207 Å². The smallest absolute Gasteiger partial charge is 0.260 e. The minimum atomic E-state index is -2.86. The number of halogens is 2. The van der Waals surface area contributed by atoms with Crippen molar-refractivity contribution < 1.29 is 23.2 Å². The number of rotatable bonds is 8. The third-order valence-electron chi connectivity index (χ3n) is 8.29. The second-order valence-electron chi connectivity index (χ2n) is 10.8. The molecule has 192 valence electrons. The summed E-state index contributed by atoms with van der Waals surface area (Å²) in [6.07, 6.45) is 7.25. The summed E-state index contributed by atoms with van der Waals surface area (Å²) in [6.45, 7) is 4.82. The van der Waals surface area contributed by atoms with Crippen LogP contribution in [0.1, 0.15) is 93.5 Å². The molecule has 1 saturated heterocycles. The number of carbonyl (C=O) groups excluding carboxylic acids is 3. The number of ketones is 1. The molecule has 0 radical (unpaired) electrons. The first-order valence-corrected chi connectivity index (χ1v) is 13.3. The standard InChI is InChI=1S/C28H38F2N2O3/c1-3-18(2)25(33)24(19-9-5-4-6-10-19)31-26(34)21-12-7-11-20(15-21)22-13-8-14-32(17-22)27(35)23-16-28(23,29)30/h7,11-12,15,18-19,22-24H,3-6,8-10,13-14,16-17H2,1-2H3,(H,31,34)/t18?,22?,23?,24-/m1/s1. The van der Waals surface area contributed by atoms with Crippen molar-refractivity contribution in [2.24, 2.45) is 17.8 Å². The fourth-order valence-corrected chi connectivity index (χ4v) is 5.71. The molecular formula is C28H38F2N2O3. The molecule has 35 heavy (non-hydrogen) atoms. The predicted octanol–water partition coefficient (Wildman–Crippen LogP) is 5.34. The monoisotopic (exact) mass is 488 g/mol. The van der Waals surface area contributed by atoms with E-state index in [9.17, 15) is 23.2 Å². The summed E-state index contributed by atoms with van der Waals surface area (Å²) >= 11 is 0. The van der Waals surface area contributed by atoms with Crippen molar-refractivity contribution >= 4 is 17.6 Å². The van der Waals surface area contributed by atoms with Gasteiger partial charge < -0.3 is 10.2 Å². The highest BCUT2D eigenvalue weighted by Crippen LogP contribution is 2.50. The number of alkyl halides is 2. The molecule has 1 heterocycles. The van der Waals surface area contributed by atoms with Gasteiger partial charge in [0.25, 0.3) is 11.8 Å². The number of hydrogen-bond donors (Lipinski definition) is 1. The Bertz CT molecular complexity index is 944. The molecule has 2 amide bonds. The van der Waals surface area contributed by atoms with E-state index in [-0.39, 0.29) is 35.9 Å². The van der Waals surface area contributed by atoms with Crippen molar-refractivity contribution in [3.8, 4) is 0 Å². The number of carbonyl (C=O) groups is 3. The van der Waals surface area contributed by atoms with E-state index in [1.807, 2.05) is 32.0 Å². The van der Waals surface area contributed by atoms with Crippen LogP contribution in [0.5, 0.6) is 0 Å². The van der Waals surface area contributed by atoms with E-state index in [0.717, 1.165) is 50.5 Å². The minimum absolute atomic E-state index is 0.00343. The van der Waals surface area contributed by atoms with E-state index >= 15 is 0 Å². The van der Waals surface area contributed by atoms with Crippen molar-refractivity contribution in [1.29, 1.82) is 0 Å². The van der Waals surface area contributed by atoms with Gasteiger partial charge in [0.05, 0.1) is 6.04 Å². The Hall–Kier alpha value is -2.31. The molecule has 7 heteroatoms. The van der Waals surface area contributed by atoms with Crippen molar-refractivity contribution in [2.45, 2.75) is 89.5 Å². The fourth-order valence-electron chi connectivity index (χ4n) is 5.71. The van der Waals surface area contributed by atoms with Crippen molar-refractivity contribution in [2.75, 3.05) is 13.1 Å². The summed E-state index contributed by atoms with van der Waals surface area (Å²) in [5.74, 6) is -4.53. The van der Waals surface area contributed by atoms with E-state index in [0.29, 0.717) is 18.7 Å². The number of Topliss-reactive ketones (excluding diaryl/α,β-unsaturated/α-hetero) is 1. The molecule has 4 rings (SSSR count). The summed E-state index contributed by atoms with van der Waals surface area (Å²) in [7, 11) is 0. The fraction of sp³-hybridized carbons (Fsp3) is 0.679. The van der Waals surface area contributed by atoms with Gasteiger partial charge in [0.1, 0.15) is 5.92 Å². The second-order valence-corrected chi connectivity index (χ2v) is 10.8. The van der Waals surface area contributed by atoms with Gasteiger partial charge in [-0.15, -0.1) is 0 Å². The van der Waals surface area contributed by atoms with Crippen LogP contribution in [0.15, 0.2) is 24.3 Å². The van der Waals surface area contributed by atoms with Gasteiger partial charge in [0.2, 0.25) is 5.91 Å². The summed E-state index contributed by atoms with van der Waals surface area (Å²) in [5, 5.41) is 3.07. The molecule has 0 aromatic heterocycles. The van der Waals surface area contributed by atoms with Crippen LogP contribution in [0.2, 0.25) is 0 Å². The molecule has 4 atom stereocenters. The zero-order chi connectivity index (χ0) is 25.2. The third kappa shape index (κ3) is 5.92. The molecule has 1 aliphatic heterocycles. The maximum Gasteiger partial charge on any atom is 0.260 e. The molecule has 0 spiro atoms. The lowest BCUT2D eigenvalue weighted by Gasteiger charge is -2.33. The molecular weight excluding hydrogens is 450 g/mol. The summed E-state index contributed by atoms with van der Waals surface area (Å²) in [6, 6.07) is 6.88. The minimum Gasteiger partial charge on any atom is -0.342 e. The van der Waals surface area contributed by atoms with Crippen molar-refractivity contribution in [3.05, 3.63) is 35.4 Å². The van der Waals surface area contributed by atoms with Crippen LogP contribution in [-0.2, 0) is 9.59 Å². The van der Waals surface area contributed by atoms with Crippen molar-refractivity contribution in [3.63, 3.8) is 0 Å². The lowest BCUT2D eigenvalue weighted by molar-refractivity contribution is -0.136. The lowest BCUT2D eigenvalue weighted by atomic mass is 9.79. The Morgan fingerprint density at radius 3 is 2.49 bits per heavy atom. The Kier molecular flexibility index (Phi) is 7.92. The van der Waals surface area contributed by atoms with Crippen LogP contribution in [0.25, 0.3) is 0 Å². The van der Waals surface area contributed by atoms with Crippen LogP contribution in [0.4, 0.5) is 8.78 Å². The van der Waals surface area contributed by atoms with Gasteiger partial charge >= 0.3 is 0 Å². The summed E-state index contributed by atoms with van der Waals surface area (Å²) in [5.41, 5.74) is 1.43. The molecule has 1 aromatic rings. The normalized spacial score (nSPS) is 26.0. The molecule has 0 bridgehead atoms. The number of nitrogens with zero attached hydrogens (tertiary/aromatic N) is 1. The van der Waals surface area contributed by atoms with Gasteiger partial charge in [0.15, 0.2) is 5.78 Å². The zero-order valence-electron chi connectivity index (χ0n) is 20.9. The van der Waals surface area contributed by atoms with E-state index in [2.05, 4.69) is 5.32 Å². The van der Waals surface area contributed by atoms with Crippen molar-refractivity contribution in [1.82, 2.24) is 10.2 Å². The average Bonchev–Trinajstić information content (AvgIpc) is 3.54. The maximum atomic E-state index is 13.4. The SMILES string of the molecule is CCC(C)C(=O)[C@H](NC(=O)c1cccc(C2CCCN(C(=O)C3CC3(F)F)C2)c1)C1CCCCC1. The van der Waals surface area contributed by atoms with Crippen LogP contribution < -0.4 is 5.32 Å². The van der Waals surface area contributed by atoms with Crippen LogP contribution in [0.3, 0.4) is 0 Å². The largest absolute Gasteiger partial charge is 0.342 e. The molecule has 3 fully saturated rings. The first kappa shape index (κ1) is 25.8. The number of piperidine rings is 1. The molecule has 1 aromatic carbocycles. The molecule has 2 saturated carbocycles. The van der Waals surface area contributed by atoms with Gasteiger partial charge in [-0.1, -0.05) is 45.2 Å². The van der Waals surface area contributed by atoms with Crippen LogP contribution in [-0.4, -0.2) is 47.6 Å². The number of amides is 2. The van der Waals surface area contributed by atoms with Gasteiger partial charge in [-0.05, 0) is 55.7 Å². The third-order valence-corrected chi connectivity index (χ3v) is 8.29. The number of benzene rings is 1. The molecule has 5 nitrogen and oxygen atoms in total. The topological polar surface area (TPSA) is 66.5 Å². The van der Waals surface area contributed by atoms with Crippen LogP contribution >= 0.6 is 0 Å². The highest BCUT2D eigenvalue weighted by atomic mass is 19.3. The number of nitrogens with one attached hydrogen (secondary N) is 1. The molecule has 1 N–H and O–H groups in total. The number of likely N-dealkylation sites (tertiary alicyclic amines) is 1. The number of hydrogen-bond acceptors (Lipinski definition) is 3. The highest BCUT2D eigenvalue weighted by Gasteiger charge is 2.62. The molecule has 3 aliphatic rings. The summed E-state index contributed by atoms with van der Waals surface area (Å²) in [4.78, 5) is 40.5. The first-order chi connectivity index (χ1) is 16.7. The zero-order valence-corrected chi connectivity index (χ0v) is 20.9. The van der Waals surface area contributed by atoms with E-state index in [1.165, 1.54) is 6.42 Å². The van der Waals surface area contributed by atoms with Crippen LogP contribution in [0, 0.1) is 17.8 Å². The second kappa shape index (κ2) is 10.8. The average molecular weight is 489 g/mol. The summed E-state index contributed by atoms with van der Waals surface area (Å²) < 4.78 is 26.8.